The van der Waals surface area contributed by atoms with Crippen LogP contribution < -0.4 is 10.9 Å². The van der Waals surface area contributed by atoms with Crippen molar-refractivity contribution in [2.24, 2.45) is 0 Å². The van der Waals surface area contributed by atoms with E-state index in [-0.39, 0.29) is 41.4 Å². The zero-order valence-corrected chi connectivity index (χ0v) is 17.8. The van der Waals surface area contributed by atoms with E-state index in [0.717, 1.165) is 0 Å². The predicted molar refractivity (Wildman–Crippen MR) is 116 cm³/mol. The topological polar surface area (TPSA) is 121 Å². The van der Waals surface area contributed by atoms with Crippen molar-refractivity contribution in [2.45, 2.75) is 31.0 Å². The molecule has 0 aliphatic carbocycles. The van der Waals surface area contributed by atoms with Crippen molar-refractivity contribution in [3.8, 4) is 0 Å². The number of aromatic amines is 1. The maximum absolute atomic E-state index is 13.0. The van der Waals surface area contributed by atoms with Gasteiger partial charge < -0.3 is 10.1 Å². The lowest BCUT2D eigenvalue weighted by Gasteiger charge is -2.34. The van der Waals surface area contributed by atoms with Gasteiger partial charge in [-0.05, 0) is 44.2 Å². The SMILES string of the molecule is C[C@@H]1CN(S(=O)(=O)c2ccc(NC(=O)c3n[nH]c(=O)c4ccccc34)cc2)C[C@H](C)O1. The predicted octanol–water partition coefficient (Wildman–Crippen LogP) is 1.97. The number of nitrogens with zero attached hydrogens (tertiary/aromatic N) is 2. The Labute approximate surface area is 179 Å². The molecule has 1 saturated heterocycles. The Morgan fingerprint density at radius 2 is 1.68 bits per heavy atom. The molecular formula is C21H22N4O5S. The van der Waals surface area contributed by atoms with Gasteiger partial charge >= 0.3 is 0 Å². The molecule has 2 aromatic carbocycles. The van der Waals surface area contributed by atoms with Gasteiger partial charge in [0.05, 0.1) is 22.5 Å². The first-order valence-electron chi connectivity index (χ1n) is 9.80. The molecule has 10 heteroatoms. The molecule has 4 rings (SSSR count). The highest BCUT2D eigenvalue weighted by atomic mass is 32.2. The molecule has 0 unspecified atom stereocenters. The standard InChI is InChI=1S/C21H22N4O5S/c1-13-11-25(12-14(2)30-13)31(28,29)16-9-7-15(8-10-16)22-21(27)19-17-5-3-4-6-18(17)20(26)24-23-19/h3-10,13-14H,11-12H2,1-2H3,(H,22,27)(H,24,26)/t13-,14+. The first kappa shape index (κ1) is 21.2. The summed E-state index contributed by atoms with van der Waals surface area (Å²) >= 11 is 0. The van der Waals surface area contributed by atoms with Crippen LogP contribution in [0.1, 0.15) is 24.3 Å². The average Bonchev–Trinajstić information content (AvgIpc) is 2.74. The first-order chi connectivity index (χ1) is 14.8. The number of rotatable bonds is 4. The molecule has 9 nitrogen and oxygen atoms in total. The van der Waals surface area contributed by atoms with Crippen molar-refractivity contribution in [2.75, 3.05) is 18.4 Å². The number of amides is 1. The monoisotopic (exact) mass is 442 g/mol. The van der Waals surface area contributed by atoms with Crippen molar-refractivity contribution in [3.05, 3.63) is 64.6 Å². The summed E-state index contributed by atoms with van der Waals surface area (Å²) in [4.78, 5) is 24.7. The van der Waals surface area contributed by atoms with Crippen molar-refractivity contribution in [1.82, 2.24) is 14.5 Å². The van der Waals surface area contributed by atoms with Gasteiger partial charge in [-0.1, -0.05) is 18.2 Å². The molecule has 31 heavy (non-hydrogen) atoms. The number of anilines is 1. The number of carbonyl (C=O) groups is 1. The van der Waals surface area contributed by atoms with E-state index in [2.05, 4.69) is 15.5 Å². The molecule has 1 aromatic heterocycles. The highest BCUT2D eigenvalue weighted by molar-refractivity contribution is 7.89. The van der Waals surface area contributed by atoms with Crippen LogP contribution in [-0.4, -0.2) is 54.1 Å². The summed E-state index contributed by atoms with van der Waals surface area (Å²) in [5.74, 6) is -0.515. The fraction of sp³-hybridized carbons (Fsp3) is 0.286. The maximum Gasteiger partial charge on any atom is 0.276 e. The second-order valence-electron chi connectivity index (χ2n) is 7.50. The molecule has 0 spiro atoms. The molecule has 0 radical (unpaired) electrons. The number of carbonyl (C=O) groups excluding carboxylic acids is 1. The van der Waals surface area contributed by atoms with Gasteiger partial charge in [-0.3, -0.25) is 9.59 Å². The molecule has 2 atom stereocenters. The highest BCUT2D eigenvalue weighted by Gasteiger charge is 2.32. The minimum absolute atomic E-state index is 0.0724. The van der Waals surface area contributed by atoms with Crippen LogP contribution in [0.4, 0.5) is 5.69 Å². The first-order valence-corrected chi connectivity index (χ1v) is 11.2. The summed E-state index contributed by atoms with van der Waals surface area (Å²) in [5, 5.41) is 9.67. The fourth-order valence-electron chi connectivity index (χ4n) is 3.66. The molecule has 1 amide bonds. The summed E-state index contributed by atoms with van der Waals surface area (Å²) in [6.07, 6.45) is -0.367. The van der Waals surface area contributed by atoms with E-state index in [0.29, 0.717) is 16.5 Å². The minimum atomic E-state index is -3.67. The molecule has 0 saturated carbocycles. The summed E-state index contributed by atoms with van der Waals surface area (Å²) < 4.78 is 32.9. The van der Waals surface area contributed by atoms with Crippen LogP contribution in [0.2, 0.25) is 0 Å². The number of ether oxygens (including phenoxy) is 1. The Balaban J connectivity index is 1.55. The third-order valence-electron chi connectivity index (χ3n) is 5.05. The van der Waals surface area contributed by atoms with Crippen LogP contribution in [0.3, 0.4) is 0 Å². The van der Waals surface area contributed by atoms with E-state index in [1.165, 1.54) is 28.6 Å². The molecule has 3 aromatic rings. The number of hydrogen-bond acceptors (Lipinski definition) is 6. The Morgan fingerprint density at radius 3 is 2.32 bits per heavy atom. The lowest BCUT2D eigenvalue weighted by molar-refractivity contribution is -0.0440. The number of aromatic nitrogens is 2. The Bertz CT molecular complexity index is 1280. The number of fused-ring (bicyclic) bond motifs is 1. The van der Waals surface area contributed by atoms with Crippen LogP contribution in [-0.2, 0) is 14.8 Å². The van der Waals surface area contributed by atoms with Gasteiger partial charge in [0.1, 0.15) is 0 Å². The van der Waals surface area contributed by atoms with E-state index < -0.39 is 15.9 Å². The zero-order chi connectivity index (χ0) is 22.2. The second-order valence-corrected chi connectivity index (χ2v) is 9.44. The summed E-state index contributed by atoms with van der Waals surface area (Å²) in [5.41, 5.74) is 0.0985. The van der Waals surface area contributed by atoms with Crippen molar-refractivity contribution in [3.63, 3.8) is 0 Å². The number of hydrogen-bond donors (Lipinski definition) is 2. The quantitative estimate of drug-likeness (QED) is 0.637. The molecule has 2 N–H and O–H groups in total. The average molecular weight is 442 g/mol. The molecule has 1 fully saturated rings. The molecule has 1 aliphatic rings. The van der Waals surface area contributed by atoms with E-state index in [9.17, 15) is 18.0 Å². The third kappa shape index (κ3) is 4.22. The van der Waals surface area contributed by atoms with Crippen molar-refractivity contribution >= 4 is 32.4 Å². The number of sulfonamides is 1. The van der Waals surface area contributed by atoms with E-state index in [1.54, 1.807) is 24.3 Å². The Kier molecular flexibility index (Phi) is 5.61. The second kappa shape index (κ2) is 8.22. The highest BCUT2D eigenvalue weighted by Crippen LogP contribution is 2.23. The molecule has 1 aliphatic heterocycles. The lowest BCUT2D eigenvalue weighted by Crippen LogP contribution is -2.48. The summed E-state index contributed by atoms with van der Waals surface area (Å²) in [7, 11) is -3.67. The summed E-state index contributed by atoms with van der Waals surface area (Å²) in [6.45, 7) is 4.25. The van der Waals surface area contributed by atoms with Gasteiger partial charge in [-0.25, -0.2) is 13.5 Å². The van der Waals surface area contributed by atoms with Crippen LogP contribution in [0.15, 0.2) is 58.2 Å². The maximum atomic E-state index is 13.0. The van der Waals surface area contributed by atoms with E-state index >= 15 is 0 Å². The molecule has 0 bridgehead atoms. The molecule has 2 heterocycles. The van der Waals surface area contributed by atoms with Gasteiger partial charge in [-0.2, -0.15) is 9.40 Å². The van der Waals surface area contributed by atoms with Gasteiger partial charge in [-0.15, -0.1) is 0 Å². The third-order valence-corrected chi connectivity index (χ3v) is 6.89. The Morgan fingerprint density at radius 1 is 1.06 bits per heavy atom. The lowest BCUT2D eigenvalue weighted by atomic mass is 10.1. The largest absolute Gasteiger partial charge is 0.373 e. The van der Waals surface area contributed by atoms with Crippen molar-refractivity contribution < 1.29 is 17.9 Å². The van der Waals surface area contributed by atoms with Gasteiger partial charge in [0.2, 0.25) is 10.0 Å². The van der Waals surface area contributed by atoms with E-state index in [4.69, 9.17) is 4.74 Å². The number of morpholine rings is 1. The Hall–Kier alpha value is -3.08. The van der Waals surface area contributed by atoms with Crippen molar-refractivity contribution in [1.29, 1.82) is 0 Å². The fourth-order valence-corrected chi connectivity index (χ4v) is 5.25. The van der Waals surface area contributed by atoms with Crippen LogP contribution >= 0.6 is 0 Å². The normalized spacial score (nSPS) is 19.9. The van der Waals surface area contributed by atoms with Gasteiger partial charge in [0.15, 0.2) is 5.69 Å². The van der Waals surface area contributed by atoms with E-state index in [1.807, 2.05) is 13.8 Å². The summed E-state index contributed by atoms with van der Waals surface area (Å²) in [6, 6.07) is 12.6. The minimum Gasteiger partial charge on any atom is -0.373 e. The van der Waals surface area contributed by atoms with Gasteiger partial charge in [0.25, 0.3) is 11.5 Å². The number of H-pyrrole nitrogens is 1. The molecular weight excluding hydrogens is 420 g/mol. The number of nitrogens with one attached hydrogen (secondary N) is 2. The van der Waals surface area contributed by atoms with Crippen LogP contribution in [0.25, 0.3) is 10.8 Å². The van der Waals surface area contributed by atoms with Crippen LogP contribution in [0.5, 0.6) is 0 Å². The van der Waals surface area contributed by atoms with Crippen LogP contribution in [0, 0.1) is 0 Å². The molecule has 162 valence electrons. The van der Waals surface area contributed by atoms with Gasteiger partial charge in [0, 0.05) is 24.2 Å². The zero-order valence-electron chi connectivity index (χ0n) is 17.0. The smallest absolute Gasteiger partial charge is 0.276 e. The number of benzene rings is 2.